The third-order valence-electron chi connectivity index (χ3n) is 5.39. The Kier molecular flexibility index (Phi) is 7.34. The first kappa shape index (κ1) is 21.0. The summed E-state index contributed by atoms with van der Waals surface area (Å²) in [5, 5.41) is 7.01. The molecule has 1 saturated carbocycles. The number of aliphatic imine (C=N–C) groups is 1. The minimum absolute atomic E-state index is 0. The van der Waals surface area contributed by atoms with Crippen LogP contribution >= 0.6 is 24.0 Å². The molecule has 1 aliphatic carbocycles. The zero-order valence-corrected chi connectivity index (χ0v) is 18.2. The van der Waals surface area contributed by atoms with Crippen molar-refractivity contribution in [2.24, 2.45) is 16.3 Å². The molecule has 3 atom stereocenters. The molecular formula is C20H30IN3O2. The van der Waals surface area contributed by atoms with Gasteiger partial charge in [0.05, 0.1) is 6.10 Å². The van der Waals surface area contributed by atoms with Crippen LogP contribution in [0.25, 0.3) is 0 Å². The number of para-hydroxylation sites is 1. The number of hydrogen-bond acceptors (Lipinski definition) is 3. The standard InChI is InChI=1S/C20H29N3O2.HI/c1-5-11-24-16-9-7-6-8-14(16)13-22-19(21-4)23-17-15-10-12-25-18(15)20(17,2)3;/h5-9,15,17-18H,1,10-13H2,2-4H3,(H2,21,22,23);1H. The van der Waals surface area contributed by atoms with Gasteiger partial charge in [-0.2, -0.15) is 0 Å². The maximum atomic E-state index is 5.87. The first-order chi connectivity index (χ1) is 12.1. The molecule has 0 aromatic heterocycles. The van der Waals surface area contributed by atoms with E-state index in [1.54, 1.807) is 6.08 Å². The van der Waals surface area contributed by atoms with E-state index in [9.17, 15) is 0 Å². The molecule has 0 bridgehead atoms. The molecule has 0 amide bonds. The second-order valence-electron chi connectivity index (χ2n) is 7.32. The minimum Gasteiger partial charge on any atom is -0.489 e. The molecule has 1 heterocycles. The summed E-state index contributed by atoms with van der Waals surface area (Å²) in [7, 11) is 1.81. The van der Waals surface area contributed by atoms with Gasteiger partial charge in [0.1, 0.15) is 12.4 Å². The Bertz CT molecular complexity index is 648. The Morgan fingerprint density at radius 2 is 2.19 bits per heavy atom. The Hall–Kier alpha value is -1.28. The van der Waals surface area contributed by atoms with E-state index >= 15 is 0 Å². The van der Waals surface area contributed by atoms with Crippen molar-refractivity contribution in [3.63, 3.8) is 0 Å². The zero-order chi connectivity index (χ0) is 17.9. The van der Waals surface area contributed by atoms with Gasteiger partial charge in [0.25, 0.3) is 0 Å². The summed E-state index contributed by atoms with van der Waals surface area (Å²) in [5.74, 6) is 2.28. The number of fused-ring (bicyclic) bond motifs is 1. The highest BCUT2D eigenvalue weighted by molar-refractivity contribution is 14.0. The predicted molar refractivity (Wildman–Crippen MR) is 116 cm³/mol. The van der Waals surface area contributed by atoms with Crippen molar-refractivity contribution in [1.82, 2.24) is 10.6 Å². The molecule has 6 heteroatoms. The van der Waals surface area contributed by atoms with E-state index in [2.05, 4.69) is 42.1 Å². The lowest BCUT2D eigenvalue weighted by molar-refractivity contribution is -0.106. The van der Waals surface area contributed by atoms with Gasteiger partial charge in [0.15, 0.2) is 5.96 Å². The van der Waals surface area contributed by atoms with Gasteiger partial charge in [-0.1, -0.05) is 44.7 Å². The molecule has 1 aromatic carbocycles. The molecule has 0 radical (unpaired) electrons. The van der Waals surface area contributed by atoms with E-state index in [-0.39, 0.29) is 29.4 Å². The normalized spacial score (nSPS) is 26.1. The molecule has 3 rings (SSSR count). The van der Waals surface area contributed by atoms with Crippen LogP contribution in [0.1, 0.15) is 25.8 Å². The molecule has 3 unspecified atom stereocenters. The predicted octanol–water partition coefficient (Wildman–Crippen LogP) is 3.35. The number of rotatable bonds is 6. The number of hydrogen-bond donors (Lipinski definition) is 2. The molecule has 144 valence electrons. The fourth-order valence-corrected chi connectivity index (χ4v) is 4.08. The molecule has 1 aliphatic heterocycles. The summed E-state index contributed by atoms with van der Waals surface area (Å²) in [6.45, 7) is 10.3. The van der Waals surface area contributed by atoms with E-state index in [1.807, 2.05) is 25.2 Å². The molecule has 2 aliphatic rings. The van der Waals surface area contributed by atoms with E-state index in [1.165, 1.54) is 0 Å². The monoisotopic (exact) mass is 471 g/mol. The van der Waals surface area contributed by atoms with Crippen LogP contribution in [-0.2, 0) is 11.3 Å². The van der Waals surface area contributed by atoms with Crippen LogP contribution in [0, 0.1) is 11.3 Å². The SMILES string of the molecule is C=CCOc1ccccc1CNC(=NC)NC1C2CCOC2C1(C)C.I. The van der Waals surface area contributed by atoms with Crippen LogP contribution in [0.5, 0.6) is 5.75 Å². The van der Waals surface area contributed by atoms with Crippen LogP contribution < -0.4 is 15.4 Å². The zero-order valence-electron chi connectivity index (χ0n) is 15.8. The second kappa shape index (κ2) is 9.08. The Labute approximate surface area is 173 Å². The van der Waals surface area contributed by atoms with E-state index in [0.29, 0.717) is 31.2 Å². The molecular weight excluding hydrogens is 441 g/mol. The number of benzene rings is 1. The Balaban J connectivity index is 0.00000243. The smallest absolute Gasteiger partial charge is 0.191 e. The maximum absolute atomic E-state index is 5.87. The number of halogens is 1. The third kappa shape index (κ3) is 4.17. The molecule has 26 heavy (non-hydrogen) atoms. The second-order valence-corrected chi connectivity index (χ2v) is 7.32. The van der Waals surface area contributed by atoms with Crippen molar-refractivity contribution in [3.8, 4) is 5.75 Å². The summed E-state index contributed by atoms with van der Waals surface area (Å²) < 4.78 is 11.6. The van der Waals surface area contributed by atoms with Gasteiger partial charge in [-0.05, 0) is 12.5 Å². The van der Waals surface area contributed by atoms with Crippen LogP contribution in [0.15, 0.2) is 41.9 Å². The molecule has 0 spiro atoms. The molecule has 1 saturated heterocycles. The summed E-state index contributed by atoms with van der Waals surface area (Å²) >= 11 is 0. The van der Waals surface area contributed by atoms with Crippen LogP contribution in [0.3, 0.4) is 0 Å². The van der Waals surface area contributed by atoms with Gasteiger partial charge in [-0.3, -0.25) is 4.99 Å². The lowest BCUT2D eigenvalue weighted by Crippen LogP contribution is -2.67. The van der Waals surface area contributed by atoms with Gasteiger partial charge in [0, 0.05) is 43.1 Å². The number of nitrogens with zero attached hydrogens (tertiary/aromatic N) is 1. The van der Waals surface area contributed by atoms with E-state index in [0.717, 1.165) is 30.3 Å². The van der Waals surface area contributed by atoms with Gasteiger partial charge >= 0.3 is 0 Å². The summed E-state index contributed by atoms with van der Waals surface area (Å²) in [4.78, 5) is 4.39. The van der Waals surface area contributed by atoms with Crippen molar-refractivity contribution in [3.05, 3.63) is 42.5 Å². The first-order valence-corrected chi connectivity index (χ1v) is 8.98. The van der Waals surface area contributed by atoms with E-state index < -0.39 is 0 Å². The van der Waals surface area contributed by atoms with Crippen molar-refractivity contribution in [2.45, 2.75) is 39.0 Å². The van der Waals surface area contributed by atoms with Crippen molar-refractivity contribution in [2.75, 3.05) is 20.3 Å². The van der Waals surface area contributed by atoms with Crippen molar-refractivity contribution in [1.29, 1.82) is 0 Å². The van der Waals surface area contributed by atoms with Gasteiger partial charge in [-0.15, -0.1) is 24.0 Å². The largest absolute Gasteiger partial charge is 0.489 e. The quantitative estimate of drug-likeness (QED) is 0.289. The van der Waals surface area contributed by atoms with Crippen LogP contribution in [0.2, 0.25) is 0 Å². The topological polar surface area (TPSA) is 54.9 Å². The lowest BCUT2D eigenvalue weighted by atomic mass is 9.57. The van der Waals surface area contributed by atoms with E-state index in [4.69, 9.17) is 9.47 Å². The summed E-state index contributed by atoms with van der Waals surface area (Å²) in [6.07, 6.45) is 3.25. The average molecular weight is 471 g/mol. The highest BCUT2D eigenvalue weighted by Gasteiger charge is 2.59. The van der Waals surface area contributed by atoms with Gasteiger partial charge < -0.3 is 20.1 Å². The number of guanidine groups is 1. The number of nitrogens with one attached hydrogen (secondary N) is 2. The Morgan fingerprint density at radius 1 is 1.42 bits per heavy atom. The highest BCUT2D eigenvalue weighted by atomic mass is 127. The summed E-state index contributed by atoms with van der Waals surface area (Å²) in [6, 6.07) is 8.42. The average Bonchev–Trinajstić information content (AvgIpc) is 3.08. The van der Waals surface area contributed by atoms with Crippen molar-refractivity contribution >= 4 is 29.9 Å². The fraction of sp³-hybridized carbons (Fsp3) is 0.550. The Morgan fingerprint density at radius 3 is 2.92 bits per heavy atom. The van der Waals surface area contributed by atoms with Gasteiger partial charge in [-0.25, -0.2) is 0 Å². The van der Waals surface area contributed by atoms with Crippen LogP contribution in [0.4, 0.5) is 0 Å². The first-order valence-electron chi connectivity index (χ1n) is 8.98. The molecule has 2 N–H and O–H groups in total. The summed E-state index contributed by atoms with van der Waals surface area (Å²) in [5.41, 5.74) is 1.23. The van der Waals surface area contributed by atoms with Gasteiger partial charge in [0.2, 0.25) is 0 Å². The fourth-order valence-electron chi connectivity index (χ4n) is 4.08. The number of ether oxygens (including phenoxy) is 2. The van der Waals surface area contributed by atoms with Crippen LogP contribution in [-0.4, -0.2) is 38.4 Å². The molecule has 1 aromatic rings. The maximum Gasteiger partial charge on any atom is 0.191 e. The molecule has 2 fully saturated rings. The minimum atomic E-state index is 0. The van der Waals surface area contributed by atoms with Crippen molar-refractivity contribution < 1.29 is 9.47 Å². The third-order valence-corrected chi connectivity index (χ3v) is 5.39. The molecule has 5 nitrogen and oxygen atoms in total. The lowest BCUT2D eigenvalue weighted by Gasteiger charge is -2.54. The highest BCUT2D eigenvalue weighted by Crippen LogP contribution is 2.52.